The van der Waals surface area contributed by atoms with E-state index in [4.69, 9.17) is 4.74 Å². The lowest BCUT2D eigenvalue weighted by Gasteiger charge is -2.21. The smallest absolute Gasteiger partial charge is 0.119 e. The number of aryl methyl sites for hydroxylation is 1. The Morgan fingerprint density at radius 2 is 1.82 bits per heavy atom. The van der Waals surface area contributed by atoms with Gasteiger partial charge in [0.05, 0.1) is 7.11 Å². The molecule has 1 heterocycles. The van der Waals surface area contributed by atoms with Crippen molar-refractivity contribution in [2.24, 2.45) is 5.92 Å². The van der Waals surface area contributed by atoms with Crippen molar-refractivity contribution in [1.82, 2.24) is 4.90 Å². The van der Waals surface area contributed by atoms with E-state index in [0.29, 0.717) is 0 Å². The summed E-state index contributed by atoms with van der Waals surface area (Å²) < 4.78 is 5.39. The maximum Gasteiger partial charge on any atom is 0.119 e. The van der Waals surface area contributed by atoms with Gasteiger partial charge in [0.15, 0.2) is 0 Å². The molecule has 0 N–H and O–H groups in total. The minimum absolute atomic E-state index is 0.759. The Labute approximate surface area is 171 Å². The fraction of sp³-hybridized carbons (Fsp3) is 0.538. The quantitative estimate of drug-likeness (QED) is 0.435. The molecule has 1 aliphatic rings. The predicted octanol–water partition coefficient (Wildman–Crippen LogP) is 6.14. The molecule has 0 saturated carbocycles. The lowest BCUT2D eigenvalue weighted by Crippen LogP contribution is -2.24. The fourth-order valence-electron chi connectivity index (χ4n) is 4.65. The molecule has 1 aliphatic heterocycles. The monoisotopic (exact) mass is 379 g/mol. The van der Waals surface area contributed by atoms with Crippen LogP contribution in [0.15, 0.2) is 54.6 Å². The molecule has 2 aromatic rings. The van der Waals surface area contributed by atoms with Gasteiger partial charge in [-0.25, -0.2) is 0 Å². The third-order valence-corrected chi connectivity index (χ3v) is 6.41. The Bertz CT molecular complexity index is 684. The second kappa shape index (κ2) is 11.3. The molecule has 2 aromatic carbocycles. The van der Waals surface area contributed by atoms with Crippen molar-refractivity contribution in [3.63, 3.8) is 0 Å². The molecule has 0 spiro atoms. The normalized spacial score (nSPS) is 18.3. The average molecular weight is 380 g/mol. The van der Waals surface area contributed by atoms with Crippen LogP contribution in [0.25, 0.3) is 0 Å². The van der Waals surface area contributed by atoms with Crippen molar-refractivity contribution in [1.29, 1.82) is 0 Å². The first-order valence-corrected chi connectivity index (χ1v) is 11.1. The van der Waals surface area contributed by atoms with Crippen molar-refractivity contribution in [2.75, 3.05) is 20.7 Å². The lowest BCUT2D eigenvalue weighted by molar-refractivity contribution is 0.286. The molecule has 2 unspecified atom stereocenters. The molecule has 2 heteroatoms. The molecule has 1 saturated heterocycles. The number of benzene rings is 2. The molecule has 2 nitrogen and oxygen atoms in total. The SMILES string of the molecule is COc1cccc(CCC(CCCCC2CCCN2C)Cc2ccccc2)c1. The highest BCUT2D eigenvalue weighted by atomic mass is 16.5. The Morgan fingerprint density at radius 3 is 2.57 bits per heavy atom. The Balaban J connectivity index is 1.50. The molecule has 0 bridgehead atoms. The summed E-state index contributed by atoms with van der Waals surface area (Å²) in [6.07, 6.45) is 11.8. The van der Waals surface area contributed by atoms with Gasteiger partial charge in [0, 0.05) is 6.04 Å². The molecule has 28 heavy (non-hydrogen) atoms. The van der Waals surface area contributed by atoms with Crippen LogP contribution in [0.4, 0.5) is 0 Å². The van der Waals surface area contributed by atoms with Gasteiger partial charge < -0.3 is 9.64 Å². The number of hydrogen-bond donors (Lipinski definition) is 0. The minimum Gasteiger partial charge on any atom is -0.497 e. The van der Waals surface area contributed by atoms with Crippen LogP contribution in [0.5, 0.6) is 5.75 Å². The van der Waals surface area contributed by atoms with E-state index in [-0.39, 0.29) is 0 Å². The summed E-state index contributed by atoms with van der Waals surface area (Å²) in [7, 11) is 4.04. The number of methoxy groups -OCH3 is 1. The highest BCUT2D eigenvalue weighted by molar-refractivity contribution is 5.28. The largest absolute Gasteiger partial charge is 0.497 e. The summed E-state index contributed by atoms with van der Waals surface area (Å²) in [5.41, 5.74) is 2.87. The molecular formula is C26H37NO. The van der Waals surface area contributed by atoms with E-state index in [1.807, 2.05) is 6.07 Å². The van der Waals surface area contributed by atoms with Crippen LogP contribution in [-0.4, -0.2) is 31.6 Å². The summed E-state index contributed by atoms with van der Waals surface area (Å²) in [6, 6.07) is 20.4. The lowest BCUT2D eigenvalue weighted by atomic mass is 9.88. The molecule has 0 aromatic heterocycles. The van der Waals surface area contributed by atoms with Crippen molar-refractivity contribution < 1.29 is 4.74 Å². The topological polar surface area (TPSA) is 12.5 Å². The van der Waals surface area contributed by atoms with Crippen LogP contribution in [0, 0.1) is 5.92 Å². The van der Waals surface area contributed by atoms with Crippen LogP contribution < -0.4 is 4.74 Å². The molecule has 3 rings (SSSR count). The van der Waals surface area contributed by atoms with Gasteiger partial charge in [0.25, 0.3) is 0 Å². The third kappa shape index (κ3) is 6.67. The van der Waals surface area contributed by atoms with Crippen LogP contribution >= 0.6 is 0 Å². The molecule has 152 valence electrons. The second-order valence-corrected chi connectivity index (χ2v) is 8.51. The number of hydrogen-bond acceptors (Lipinski definition) is 2. The van der Waals surface area contributed by atoms with E-state index in [1.165, 1.54) is 69.0 Å². The van der Waals surface area contributed by atoms with Crippen LogP contribution in [0.1, 0.15) is 56.1 Å². The van der Waals surface area contributed by atoms with Gasteiger partial charge >= 0.3 is 0 Å². The van der Waals surface area contributed by atoms with E-state index in [9.17, 15) is 0 Å². The Hall–Kier alpha value is -1.80. The molecule has 1 fully saturated rings. The molecule has 0 aliphatic carbocycles. The maximum absolute atomic E-state index is 5.39. The number of ether oxygens (including phenoxy) is 1. The Kier molecular flexibility index (Phi) is 8.42. The zero-order valence-electron chi connectivity index (χ0n) is 17.8. The average Bonchev–Trinajstić information content (AvgIpc) is 3.14. The van der Waals surface area contributed by atoms with Crippen molar-refractivity contribution in [3.8, 4) is 5.75 Å². The first kappa shape index (κ1) is 20.9. The van der Waals surface area contributed by atoms with Crippen LogP contribution in [-0.2, 0) is 12.8 Å². The summed E-state index contributed by atoms with van der Waals surface area (Å²) in [4.78, 5) is 2.56. The van der Waals surface area contributed by atoms with Gasteiger partial charge in [-0.15, -0.1) is 0 Å². The highest BCUT2D eigenvalue weighted by Gasteiger charge is 2.20. The number of likely N-dealkylation sites (tertiary alicyclic amines) is 1. The fourth-order valence-corrected chi connectivity index (χ4v) is 4.65. The molecular weight excluding hydrogens is 342 g/mol. The minimum atomic E-state index is 0.759. The standard InChI is InChI=1S/C26H37NO/c1-27-19-9-15-25(27)14-7-6-12-23(20-22-10-4-3-5-11-22)17-18-24-13-8-16-26(21-24)28-2/h3-5,8,10-11,13,16,21,23,25H,6-7,9,12,14-15,17-20H2,1-2H3. The van der Waals surface area contributed by atoms with Gasteiger partial charge in [-0.05, 0) is 81.3 Å². The van der Waals surface area contributed by atoms with Gasteiger partial charge in [-0.3, -0.25) is 0 Å². The van der Waals surface area contributed by atoms with E-state index in [0.717, 1.165) is 24.1 Å². The molecule has 0 radical (unpaired) electrons. The van der Waals surface area contributed by atoms with Gasteiger partial charge in [-0.1, -0.05) is 61.7 Å². The predicted molar refractivity (Wildman–Crippen MR) is 119 cm³/mol. The van der Waals surface area contributed by atoms with E-state index in [2.05, 4.69) is 60.5 Å². The van der Waals surface area contributed by atoms with Crippen molar-refractivity contribution >= 4 is 0 Å². The van der Waals surface area contributed by atoms with Gasteiger partial charge in [0.1, 0.15) is 5.75 Å². The first-order valence-electron chi connectivity index (χ1n) is 11.1. The first-order chi connectivity index (χ1) is 13.7. The van der Waals surface area contributed by atoms with Gasteiger partial charge in [-0.2, -0.15) is 0 Å². The third-order valence-electron chi connectivity index (χ3n) is 6.41. The number of rotatable bonds is 11. The summed E-state index contributed by atoms with van der Waals surface area (Å²) >= 11 is 0. The highest BCUT2D eigenvalue weighted by Crippen LogP contribution is 2.25. The van der Waals surface area contributed by atoms with Crippen LogP contribution in [0.3, 0.4) is 0 Å². The number of unbranched alkanes of at least 4 members (excludes halogenated alkanes) is 1. The van der Waals surface area contributed by atoms with Crippen molar-refractivity contribution in [2.45, 2.75) is 63.8 Å². The maximum atomic E-state index is 5.39. The number of nitrogens with zero attached hydrogens (tertiary/aromatic N) is 1. The van der Waals surface area contributed by atoms with E-state index in [1.54, 1.807) is 7.11 Å². The van der Waals surface area contributed by atoms with Crippen LogP contribution in [0.2, 0.25) is 0 Å². The summed E-state index contributed by atoms with van der Waals surface area (Å²) in [6.45, 7) is 1.29. The summed E-state index contributed by atoms with van der Waals surface area (Å²) in [5, 5.41) is 0. The van der Waals surface area contributed by atoms with E-state index < -0.39 is 0 Å². The zero-order chi connectivity index (χ0) is 19.6. The summed E-state index contributed by atoms with van der Waals surface area (Å²) in [5.74, 6) is 1.73. The van der Waals surface area contributed by atoms with Gasteiger partial charge in [0.2, 0.25) is 0 Å². The van der Waals surface area contributed by atoms with Crippen molar-refractivity contribution in [3.05, 3.63) is 65.7 Å². The molecule has 0 amide bonds. The second-order valence-electron chi connectivity index (χ2n) is 8.51. The zero-order valence-corrected chi connectivity index (χ0v) is 17.8. The molecule has 2 atom stereocenters. The van der Waals surface area contributed by atoms with E-state index >= 15 is 0 Å². The Morgan fingerprint density at radius 1 is 1.00 bits per heavy atom.